The number of fused-ring (bicyclic) bond motifs is 4. The highest BCUT2D eigenvalue weighted by Crippen LogP contribution is 2.39. The molecule has 0 aliphatic carbocycles. The zero-order valence-electron chi connectivity index (χ0n) is 15.0. The molecule has 1 unspecified atom stereocenters. The third-order valence-corrected chi connectivity index (χ3v) is 6.11. The van der Waals surface area contributed by atoms with Gasteiger partial charge >= 0.3 is 0 Å². The minimum absolute atomic E-state index is 0.0240. The van der Waals surface area contributed by atoms with Gasteiger partial charge in [-0.2, -0.15) is 0 Å². The summed E-state index contributed by atoms with van der Waals surface area (Å²) in [6.07, 6.45) is 0.219. The summed E-state index contributed by atoms with van der Waals surface area (Å²) < 4.78 is 0.162. The Morgan fingerprint density at radius 3 is 2.50 bits per heavy atom. The van der Waals surface area contributed by atoms with E-state index in [4.69, 9.17) is 34.8 Å². The van der Waals surface area contributed by atoms with Crippen molar-refractivity contribution in [3.8, 4) is 0 Å². The Hall–Kier alpha value is -1.53. The lowest BCUT2D eigenvalue weighted by molar-refractivity contribution is 0.0586. The van der Waals surface area contributed by atoms with Crippen molar-refractivity contribution in [1.82, 2.24) is 14.8 Å². The van der Waals surface area contributed by atoms with Crippen LogP contribution in [0, 0.1) is 5.92 Å². The van der Waals surface area contributed by atoms with Crippen molar-refractivity contribution in [2.24, 2.45) is 5.92 Å². The van der Waals surface area contributed by atoms with Crippen LogP contribution >= 0.6 is 34.8 Å². The molecule has 28 heavy (non-hydrogen) atoms. The van der Waals surface area contributed by atoms with Crippen LogP contribution in [0.15, 0.2) is 53.3 Å². The lowest BCUT2D eigenvalue weighted by Gasteiger charge is -2.47. The van der Waals surface area contributed by atoms with E-state index in [0.29, 0.717) is 25.2 Å². The Bertz CT molecular complexity index is 926. The molecule has 8 heteroatoms. The summed E-state index contributed by atoms with van der Waals surface area (Å²) in [5.74, 6) is 0.129. The predicted molar refractivity (Wildman–Crippen MR) is 111 cm³/mol. The number of aromatic nitrogens is 1. The minimum Gasteiger partial charge on any atom is -0.332 e. The van der Waals surface area contributed by atoms with Crippen LogP contribution in [0.25, 0.3) is 0 Å². The van der Waals surface area contributed by atoms with Gasteiger partial charge in [0.05, 0.1) is 0 Å². The molecule has 1 N–H and O–H groups in total. The Balaban J connectivity index is 1.59. The van der Waals surface area contributed by atoms with Crippen LogP contribution in [-0.2, 0) is 6.54 Å². The van der Waals surface area contributed by atoms with Gasteiger partial charge in [-0.25, -0.2) is 0 Å². The second kappa shape index (κ2) is 7.71. The second-order valence-corrected chi connectivity index (χ2v) is 9.80. The van der Waals surface area contributed by atoms with E-state index in [0.717, 1.165) is 12.1 Å². The van der Waals surface area contributed by atoms with Crippen molar-refractivity contribution in [1.29, 1.82) is 0 Å². The molecule has 1 amide bonds. The van der Waals surface area contributed by atoms with Crippen LogP contribution in [0.5, 0.6) is 0 Å². The number of piperidine rings is 1. The van der Waals surface area contributed by atoms with Crippen LogP contribution in [-0.4, -0.2) is 38.4 Å². The van der Waals surface area contributed by atoms with Gasteiger partial charge in [-0.05, 0) is 30.5 Å². The van der Waals surface area contributed by atoms with Gasteiger partial charge in [0.15, 0.2) is 0 Å². The highest BCUT2D eigenvalue weighted by atomic mass is 35.6. The van der Waals surface area contributed by atoms with Gasteiger partial charge in [0.25, 0.3) is 11.5 Å². The number of hydrogen-bond acceptors (Lipinski definition) is 3. The first-order valence-corrected chi connectivity index (χ1v) is 10.3. The number of benzene rings is 1. The number of nitrogens with one attached hydrogen (secondary N) is 1. The number of pyridine rings is 1. The molecule has 1 aromatic carbocycles. The summed E-state index contributed by atoms with van der Waals surface area (Å²) in [4.78, 5) is 26.9. The van der Waals surface area contributed by atoms with E-state index < -0.39 is 9.96 Å². The molecule has 4 rings (SSSR count). The van der Waals surface area contributed by atoms with E-state index in [1.807, 2.05) is 21.6 Å². The normalized spacial score (nSPS) is 23.0. The van der Waals surface area contributed by atoms with Crippen LogP contribution in [0.3, 0.4) is 0 Å². The van der Waals surface area contributed by atoms with Crippen molar-refractivity contribution in [3.63, 3.8) is 0 Å². The fourth-order valence-corrected chi connectivity index (χ4v) is 4.90. The molecule has 3 atom stereocenters. The molecule has 0 radical (unpaired) electrons. The Morgan fingerprint density at radius 1 is 1.04 bits per heavy atom. The number of hydrogen-bond donors (Lipinski definition) is 1. The molecule has 0 saturated carbocycles. The smallest absolute Gasteiger partial charge is 0.252 e. The highest BCUT2D eigenvalue weighted by Gasteiger charge is 2.44. The summed E-state index contributed by atoms with van der Waals surface area (Å²) in [5.41, 5.74) is 1.54. The molecule has 2 aromatic rings. The first-order chi connectivity index (χ1) is 13.3. The van der Waals surface area contributed by atoms with Crippen molar-refractivity contribution < 1.29 is 4.79 Å². The number of carbonyl (C=O) groups excluding carboxylic acids is 1. The first-order valence-electron chi connectivity index (χ1n) is 9.19. The van der Waals surface area contributed by atoms with Crippen molar-refractivity contribution in [3.05, 3.63) is 70.1 Å². The number of amides is 1. The second-order valence-electron chi connectivity index (χ2n) is 7.44. The number of nitrogens with zero attached hydrogens (tertiary/aromatic N) is 2. The van der Waals surface area contributed by atoms with Gasteiger partial charge in [-0.15, -0.1) is 0 Å². The standard InChI is InChI=1S/C20H20Cl3N3O2/c21-20(22,23)19(24-18(28)14-5-2-1-3-6-14)25-10-13-9-15(12-25)16-7-4-8-17(27)26(16)11-13/h1-8,13,15,19H,9-12H2,(H,24,28)/t13-,15+,19?/m1/s1. The van der Waals surface area contributed by atoms with Gasteiger partial charge in [0.2, 0.25) is 3.79 Å². The minimum atomic E-state index is -1.69. The van der Waals surface area contributed by atoms with Crippen molar-refractivity contribution >= 4 is 40.7 Å². The highest BCUT2D eigenvalue weighted by molar-refractivity contribution is 6.68. The summed E-state index contributed by atoms with van der Waals surface area (Å²) in [5, 5.41) is 2.89. The third-order valence-electron chi connectivity index (χ3n) is 5.49. The molecule has 1 aromatic heterocycles. The maximum atomic E-state index is 12.7. The van der Waals surface area contributed by atoms with Crippen molar-refractivity contribution in [2.75, 3.05) is 13.1 Å². The average molecular weight is 441 g/mol. The average Bonchev–Trinajstić information content (AvgIpc) is 2.66. The van der Waals surface area contributed by atoms with E-state index in [1.165, 1.54) is 0 Å². The number of rotatable bonds is 3. The van der Waals surface area contributed by atoms with Gasteiger partial charge in [-0.3, -0.25) is 14.5 Å². The topological polar surface area (TPSA) is 54.3 Å². The Morgan fingerprint density at radius 2 is 1.79 bits per heavy atom. The van der Waals surface area contributed by atoms with Gasteiger partial charge < -0.3 is 9.88 Å². The maximum Gasteiger partial charge on any atom is 0.252 e. The van der Waals surface area contributed by atoms with E-state index in [1.54, 1.807) is 36.4 Å². The number of carbonyl (C=O) groups is 1. The molecule has 2 aliphatic heterocycles. The van der Waals surface area contributed by atoms with Crippen LogP contribution in [0.1, 0.15) is 28.4 Å². The lowest BCUT2D eigenvalue weighted by atomic mass is 9.83. The van der Waals surface area contributed by atoms with Gasteiger partial charge in [0.1, 0.15) is 6.17 Å². The molecular weight excluding hydrogens is 421 g/mol. The van der Waals surface area contributed by atoms with Gasteiger partial charge in [-0.1, -0.05) is 59.1 Å². The van der Waals surface area contributed by atoms with E-state index in [2.05, 4.69) is 5.32 Å². The zero-order valence-corrected chi connectivity index (χ0v) is 17.3. The number of likely N-dealkylation sites (tertiary alicyclic amines) is 1. The number of halogens is 3. The van der Waals surface area contributed by atoms with E-state index in [9.17, 15) is 9.59 Å². The fourth-order valence-electron chi connectivity index (χ4n) is 4.32. The van der Waals surface area contributed by atoms with Crippen LogP contribution in [0.4, 0.5) is 0 Å². The zero-order chi connectivity index (χ0) is 19.9. The largest absolute Gasteiger partial charge is 0.332 e. The Labute approximate surface area is 178 Å². The quantitative estimate of drug-likeness (QED) is 0.744. The Kier molecular flexibility index (Phi) is 5.45. The van der Waals surface area contributed by atoms with Crippen LogP contribution in [0.2, 0.25) is 0 Å². The summed E-state index contributed by atoms with van der Waals surface area (Å²) in [6, 6.07) is 14.2. The summed E-state index contributed by atoms with van der Waals surface area (Å²) >= 11 is 18.8. The molecule has 148 valence electrons. The third kappa shape index (κ3) is 3.94. The fraction of sp³-hybridized carbons (Fsp3) is 0.400. The molecule has 2 bridgehead atoms. The SMILES string of the molecule is O=C(NC(N1C[C@H]2C[C@@H](C1)c1cccc(=O)n1C2)C(Cl)(Cl)Cl)c1ccccc1. The molecule has 5 nitrogen and oxygen atoms in total. The van der Waals surface area contributed by atoms with E-state index >= 15 is 0 Å². The summed E-state index contributed by atoms with van der Waals surface area (Å²) in [6.45, 7) is 1.89. The molecule has 1 saturated heterocycles. The molecule has 2 aliphatic rings. The number of alkyl halides is 3. The predicted octanol–water partition coefficient (Wildman–Crippen LogP) is 3.39. The first kappa shape index (κ1) is 19.8. The lowest BCUT2D eigenvalue weighted by Crippen LogP contribution is -2.60. The molecule has 3 heterocycles. The van der Waals surface area contributed by atoms with E-state index in [-0.39, 0.29) is 23.3 Å². The maximum absolute atomic E-state index is 12.7. The molecule has 1 fully saturated rings. The van der Waals surface area contributed by atoms with Gasteiger partial charge in [0, 0.05) is 42.9 Å². The van der Waals surface area contributed by atoms with Crippen LogP contribution < -0.4 is 10.9 Å². The molecular formula is C20H20Cl3N3O2. The monoisotopic (exact) mass is 439 g/mol. The molecule has 0 spiro atoms. The summed E-state index contributed by atoms with van der Waals surface area (Å²) in [7, 11) is 0. The van der Waals surface area contributed by atoms with Crippen molar-refractivity contribution in [2.45, 2.75) is 28.8 Å².